The molecule has 156 valence electrons. The molecule has 1 atom stereocenters. The van der Waals surface area contributed by atoms with E-state index in [0.29, 0.717) is 26.1 Å². The van der Waals surface area contributed by atoms with Gasteiger partial charge in [-0.3, -0.25) is 5.10 Å². The predicted molar refractivity (Wildman–Crippen MR) is 113 cm³/mol. The van der Waals surface area contributed by atoms with Crippen LogP contribution in [0.3, 0.4) is 0 Å². The third-order valence-corrected chi connectivity index (χ3v) is 5.54. The fraction of sp³-hybridized carbons (Fsp3) is 0.364. The zero-order valence-electron chi connectivity index (χ0n) is 16.6. The first-order chi connectivity index (χ1) is 14.7. The molecule has 30 heavy (non-hydrogen) atoms. The van der Waals surface area contributed by atoms with Crippen LogP contribution >= 0.6 is 0 Å². The van der Waals surface area contributed by atoms with E-state index < -0.39 is 6.09 Å². The first kappa shape index (κ1) is 18.7. The van der Waals surface area contributed by atoms with Crippen molar-refractivity contribution in [1.82, 2.24) is 15.5 Å². The van der Waals surface area contributed by atoms with Crippen LogP contribution in [0, 0.1) is 0 Å². The summed E-state index contributed by atoms with van der Waals surface area (Å²) in [4.78, 5) is 14.2. The largest absolute Gasteiger partial charge is 0.494 e. The lowest BCUT2D eigenvalue weighted by Crippen LogP contribution is -2.26. The Balaban J connectivity index is 1.60. The number of benzene rings is 2. The second-order valence-corrected chi connectivity index (χ2v) is 7.76. The van der Waals surface area contributed by atoms with Crippen LogP contribution in [-0.2, 0) is 11.3 Å². The van der Waals surface area contributed by atoms with E-state index >= 15 is 0 Å². The zero-order chi connectivity index (χ0) is 20.5. The van der Waals surface area contributed by atoms with Gasteiger partial charge in [-0.05, 0) is 54.8 Å². The Kier molecular flexibility index (Phi) is 4.92. The molecule has 1 aromatic heterocycles. The minimum Gasteiger partial charge on any atom is -0.494 e. The highest BCUT2D eigenvalue weighted by molar-refractivity contribution is 5.94. The molecule has 3 heterocycles. The number of fused-ring (bicyclic) bond motifs is 4. The van der Waals surface area contributed by atoms with Crippen molar-refractivity contribution in [2.75, 3.05) is 31.1 Å². The second-order valence-electron chi connectivity index (χ2n) is 7.76. The third-order valence-electron chi connectivity index (χ3n) is 5.54. The molecule has 8 heteroatoms. The van der Waals surface area contributed by atoms with Gasteiger partial charge in [0, 0.05) is 36.3 Å². The standard InChI is InChI=1S/C22H24N4O4/c27-17-4-6-26(12-17)16-9-14-8-15(10-16)21-19-11-18(2-3-20(19)24-25-21)29-7-1-5-23-22(28)30-13-14/h2-3,8-11,17,27H,1,4-7,12-13H2,(H,23,28)(H,24,25)/t17-/m1/s1. The minimum absolute atomic E-state index is 0.160. The van der Waals surface area contributed by atoms with Crippen molar-refractivity contribution in [3.05, 3.63) is 42.0 Å². The maximum absolute atomic E-state index is 12.0. The highest BCUT2D eigenvalue weighted by atomic mass is 16.5. The van der Waals surface area contributed by atoms with Crippen LogP contribution in [-0.4, -0.2) is 53.7 Å². The first-order valence-electron chi connectivity index (χ1n) is 10.2. The number of ether oxygens (including phenoxy) is 2. The number of cyclic esters (lactones) is 1. The molecule has 2 aliphatic rings. The maximum atomic E-state index is 12.0. The number of H-pyrrole nitrogens is 1. The number of amides is 1. The van der Waals surface area contributed by atoms with Gasteiger partial charge in [-0.25, -0.2) is 4.79 Å². The molecular formula is C22H24N4O4. The number of rotatable bonds is 1. The summed E-state index contributed by atoms with van der Waals surface area (Å²) in [5.41, 5.74) is 4.52. The Morgan fingerprint density at radius 1 is 1.17 bits per heavy atom. The second kappa shape index (κ2) is 7.87. The third kappa shape index (κ3) is 3.78. The number of β-amino-alcohol motifs (C(OH)–C–C–N with tert-alkyl or cyclic N) is 1. The summed E-state index contributed by atoms with van der Waals surface area (Å²) in [6.07, 6.45) is 0.647. The topological polar surface area (TPSA) is 99.7 Å². The van der Waals surface area contributed by atoms with Gasteiger partial charge in [0.25, 0.3) is 0 Å². The first-order valence-corrected chi connectivity index (χ1v) is 10.2. The number of aliphatic hydroxyl groups is 1. The molecule has 8 nitrogen and oxygen atoms in total. The van der Waals surface area contributed by atoms with Gasteiger partial charge in [0.15, 0.2) is 0 Å². The molecule has 4 bridgehead atoms. The number of carbonyl (C=O) groups excluding carboxylic acids is 1. The molecule has 3 N–H and O–H groups in total. The Hall–Kier alpha value is -3.26. The van der Waals surface area contributed by atoms with Crippen molar-refractivity contribution in [3.63, 3.8) is 0 Å². The molecule has 1 fully saturated rings. The number of anilines is 1. The number of hydrogen-bond donors (Lipinski definition) is 3. The van der Waals surface area contributed by atoms with Crippen molar-refractivity contribution >= 4 is 22.7 Å². The molecule has 0 spiro atoms. The van der Waals surface area contributed by atoms with Crippen molar-refractivity contribution < 1.29 is 19.4 Å². The summed E-state index contributed by atoms with van der Waals surface area (Å²) in [6.45, 7) is 2.50. The fourth-order valence-corrected chi connectivity index (χ4v) is 4.01. The Morgan fingerprint density at radius 2 is 2.10 bits per heavy atom. The lowest BCUT2D eigenvalue weighted by Gasteiger charge is -2.20. The predicted octanol–water partition coefficient (Wildman–Crippen LogP) is 2.81. The smallest absolute Gasteiger partial charge is 0.407 e. The molecule has 3 aromatic rings. The van der Waals surface area contributed by atoms with Crippen LogP contribution in [0.4, 0.5) is 10.5 Å². The van der Waals surface area contributed by atoms with E-state index in [1.807, 2.05) is 30.3 Å². The number of aromatic amines is 1. The average molecular weight is 408 g/mol. The van der Waals surface area contributed by atoms with Gasteiger partial charge in [0.1, 0.15) is 18.1 Å². The number of alkyl carbamates (subject to hydrolysis) is 1. The summed E-state index contributed by atoms with van der Waals surface area (Å²) in [6, 6.07) is 11.9. The summed E-state index contributed by atoms with van der Waals surface area (Å²) >= 11 is 0. The van der Waals surface area contributed by atoms with E-state index in [9.17, 15) is 9.90 Å². The van der Waals surface area contributed by atoms with Gasteiger partial charge >= 0.3 is 6.09 Å². The van der Waals surface area contributed by atoms with E-state index in [-0.39, 0.29) is 12.7 Å². The molecule has 2 aliphatic heterocycles. The maximum Gasteiger partial charge on any atom is 0.407 e. The molecule has 1 saturated heterocycles. The molecule has 0 unspecified atom stereocenters. The highest BCUT2D eigenvalue weighted by Crippen LogP contribution is 2.33. The molecule has 0 aliphatic carbocycles. The normalized spacial score (nSPS) is 19.7. The molecule has 0 radical (unpaired) electrons. The van der Waals surface area contributed by atoms with E-state index in [1.165, 1.54) is 0 Å². The van der Waals surface area contributed by atoms with Crippen LogP contribution in [0.5, 0.6) is 5.75 Å². The van der Waals surface area contributed by atoms with E-state index in [1.54, 1.807) is 0 Å². The molecule has 5 rings (SSSR count). The van der Waals surface area contributed by atoms with Crippen LogP contribution < -0.4 is 15.0 Å². The zero-order valence-corrected chi connectivity index (χ0v) is 16.6. The average Bonchev–Trinajstić information content (AvgIpc) is 3.37. The summed E-state index contributed by atoms with van der Waals surface area (Å²) < 4.78 is 11.3. The van der Waals surface area contributed by atoms with Gasteiger partial charge in [0.2, 0.25) is 0 Å². The number of aromatic nitrogens is 2. The van der Waals surface area contributed by atoms with E-state index in [0.717, 1.165) is 52.1 Å². The Bertz CT molecular complexity index is 1080. The summed E-state index contributed by atoms with van der Waals surface area (Å²) in [5, 5.41) is 21.3. The number of hydrogen-bond acceptors (Lipinski definition) is 6. The van der Waals surface area contributed by atoms with Crippen LogP contribution in [0.25, 0.3) is 22.2 Å². The van der Waals surface area contributed by atoms with Crippen molar-refractivity contribution in [2.24, 2.45) is 0 Å². The lowest BCUT2D eigenvalue weighted by atomic mass is 10.0. The minimum atomic E-state index is -0.448. The lowest BCUT2D eigenvalue weighted by molar-refractivity contribution is 0.139. The van der Waals surface area contributed by atoms with E-state index in [2.05, 4.69) is 26.5 Å². The molecular weight excluding hydrogens is 384 g/mol. The van der Waals surface area contributed by atoms with Crippen LogP contribution in [0.2, 0.25) is 0 Å². The number of carbonyl (C=O) groups is 1. The number of nitrogens with zero attached hydrogens (tertiary/aromatic N) is 2. The monoisotopic (exact) mass is 408 g/mol. The van der Waals surface area contributed by atoms with Gasteiger partial charge in [-0.2, -0.15) is 5.10 Å². The molecule has 2 aromatic carbocycles. The summed E-state index contributed by atoms with van der Waals surface area (Å²) in [7, 11) is 0. The number of aliphatic hydroxyl groups excluding tert-OH is 1. The van der Waals surface area contributed by atoms with Crippen molar-refractivity contribution in [2.45, 2.75) is 25.6 Å². The highest BCUT2D eigenvalue weighted by Gasteiger charge is 2.22. The molecule has 0 saturated carbocycles. The van der Waals surface area contributed by atoms with Gasteiger partial charge in [0.05, 0.1) is 18.2 Å². The van der Waals surface area contributed by atoms with Gasteiger partial charge < -0.3 is 24.8 Å². The van der Waals surface area contributed by atoms with Gasteiger partial charge in [-0.1, -0.05) is 0 Å². The molecule has 1 amide bonds. The van der Waals surface area contributed by atoms with Crippen LogP contribution in [0.15, 0.2) is 36.4 Å². The van der Waals surface area contributed by atoms with Gasteiger partial charge in [-0.15, -0.1) is 0 Å². The Labute approximate surface area is 173 Å². The Morgan fingerprint density at radius 3 is 2.97 bits per heavy atom. The summed E-state index contributed by atoms with van der Waals surface area (Å²) in [5.74, 6) is 0.765. The fourth-order valence-electron chi connectivity index (χ4n) is 4.01. The SMILES string of the molecule is O=C1NCCCOc2ccc3[nH]nc(c3c2)-c2cc(cc(N3CC[C@@H](O)C3)c2)CO1. The van der Waals surface area contributed by atoms with Crippen LogP contribution in [0.1, 0.15) is 18.4 Å². The van der Waals surface area contributed by atoms with Crippen molar-refractivity contribution in [1.29, 1.82) is 0 Å². The quantitative estimate of drug-likeness (QED) is 0.573. The van der Waals surface area contributed by atoms with Crippen molar-refractivity contribution in [3.8, 4) is 17.0 Å². The number of nitrogens with one attached hydrogen (secondary N) is 2. The van der Waals surface area contributed by atoms with E-state index in [4.69, 9.17) is 9.47 Å².